The maximum atomic E-state index is 13.3. The van der Waals surface area contributed by atoms with E-state index in [4.69, 9.17) is 11.6 Å². The molecule has 4 aromatic rings. The van der Waals surface area contributed by atoms with Crippen molar-refractivity contribution in [3.63, 3.8) is 0 Å². The van der Waals surface area contributed by atoms with Crippen LogP contribution in [0.4, 0.5) is 5.69 Å². The van der Waals surface area contributed by atoms with Gasteiger partial charge in [-0.25, -0.2) is 8.42 Å². The summed E-state index contributed by atoms with van der Waals surface area (Å²) in [5.41, 5.74) is 3.79. The summed E-state index contributed by atoms with van der Waals surface area (Å²) in [4.78, 5) is 13.0. The van der Waals surface area contributed by atoms with Crippen LogP contribution < -0.4 is 5.32 Å². The van der Waals surface area contributed by atoms with E-state index in [0.29, 0.717) is 21.6 Å². The summed E-state index contributed by atoms with van der Waals surface area (Å²) in [5.74, 6) is -0.360. The van der Waals surface area contributed by atoms with Crippen LogP contribution in [0.25, 0.3) is 10.9 Å². The number of benzene rings is 3. The Bertz CT molecular complexity index is 1420. The molecule has 1 heterocycles. The number of sulfone groups is 1. The molecule has 0 aliphatic carbocycles. The Labute approximate surface area is 192 Å². The van der Waals surface area contributed by atoms with Crippen LogP contribution in [0.5, 0.6) is 0 Å². The number of fused-ring (bicyclic) bond motifs is 1. The van der Waals surface area contributed by atoms with E-state index in [2.05, 4.69) is 5.32 Å². The first-order chi connectivity index (χ1) is 15.3. The van der Waals surface area contributed by atoms with E-state index in [1.165, 1.54) is 0 Å². The molecule has 0 aliphatic heterocycles. The third-order valence-corrected chi connectivity index (χ3v) is 7.65. The number of aromatic nitrogens is 1. The average molecular weight is 467 g/mol. The molecule has 32 heavy (non-hydrogen) atoms. The number of hydrogen-bond acceptors (Lipinski definition) is 3. The molecule has 0 saturated heterocycles. The van der Waals surface area contributed by atoms with Gasteiger partial charge < -0.3 is 9.88 Å². The Morgan fingerprint density at radius 1 is 0.969 bits per heavy atom. The first-order valence-corrected chi connectivity index (χ1v) is 12.2. The van der Waals surface area contributed by atoms with Gasteiger partial charge in [-0.05, 0) is 48.7 Å². The van der Waals surface area contributed by atoms with E-state index in [0.717, 1.165) is 16.7 Å². The fraction of sp³-hybridized carbons (Fsp3) is 0.160. The summed E-state index contributed by atoms with van der Waals surface area (Å²) >= 11 is 6.14. The quantitative estimate of drug-likeness (QED) is 0.406. The molecule has 1 N–H and O–H groups in total. The molecule has 164 valence electrons. The molecule has 0 bridgehead atoms. The van der Waals surface area contributed by atoms with E-state index in [9.17, 15) is 13.2 Å². The van der Waals surface area contributed by atoms with Gasteiger partial charge in [0.2, 0.25) is 5.91 Å². The molecule has 0 spiro atoms. The second-order valence-electron chi connectivity index (χ2n) is 7.78. The van der Waals surface area contributed by atoms with E-state index < -0.39 is 9.84 Å². The maximum absolute atomic E-state index is 13.3. The zero-order valence-corrected chi connectivity index (χ0v) is 19.4. The molecule has 0 atom stereocenters. The maximum Gasteiger partial charge on any atom is 0.244 e. The highest BCUT2D eigenvalue weighted by atomic mass is 35.5. The third kappa shape index (κ3) is 4.42. The molecule has 5 nitrogen and oxygen atoms in total. The van der Waals surface area contributed by atoms with Gasteiger partial charge in [0.1, 0.15) is 6.54 Å². The summed E-state index contributed by atoms with van der Waals surface area (Å²) in [7, 11) is -3.62. The highest BCUT2D eigenvalue weighted by Gasteiger charge is 2.23. The van der Waals surface area contributed by atoms with Crippen LogP contribution in [0.2, 0.25) is 5.02 Å². The molecule has 1 aromatic heterocycles. The predicted octanol–water partition coefficient (Wildman–Crippen LogP) is 5.52. The normalized spacial score (nSPS) is 11.6. The van der Waals surface area contributed by atoms with Gasteiger partial charge in [0.25, 0.3) is 0 Å². The largest absolute Gasteiger partial charge is 0.337 e. The van der Waals surface area contributed by atoms with Crippen molar-refractivity contribution >= 4 is 43.9 Å². The molecular weight excluding hydrogens is 444 g/mol. The van der Waals surface area contributed by atoms with Crippen molar-refractivity contribution < 1.29 is 13.2 Å². The van der Waals surface area contributed by atoms with Crippen LogP contribution >= 0.6 is 11.6 Å². The molecule has 1 amide bonds. The number of carbonyl (C=O) groups excluding carboxylic acids is 1. The third-order valence-electron chi connectivity index (χ3n) is 5.55. The average Bonchev–Trinajstić information content (AvgIpc) is 3.12. The van der Waals surface area contributed by atoms with Gasteiger partial charge in [-0.15, -0.1) is 0 Å². The van der Waals surface area contributed by atoms with Crippen molar-refractivity contribution in [2.75, 3.05) is 5.32 Å². The summed E-state index contributed by atoms with van der Waals surface area (Å²) in [6, 6.07) is 20.0. The molecule has 0 saturated carbocycles. The fourth-order valence-corrected chi connectivity index (χ4v) is 5.59. The molecule has 4 rings (SSSR count). The Morgan fingerprint density at radius 3 is 2.47 bits per heavy atom. The number of aryl methyl sites for hydroxylation is 1. The first-order valence-electron chi connectivity index (χ1n) is 10.2. The van der Waals surface area contributed by atoms with Crippen LogP contribution in [-0.2, 0) is 26.9 Å². The Hall–Kier alpha value is -3.09. The SMILES string of the molecule is Cc1ccccc1CS(=O)(=O)c1cn(CC(=O)Nc2cccc(Cl)c2C)c2ccccc12. The highest BCUT2D eigenvalue weighted by molar-refractivity contribution is 7.90. The fourth-order valence-electron chi connectivity index (χ4n) is 3.73. The minimum atomic E-state index is -3.62. The molecule has 0 radical (unpaired) electrons. The Kier molecular flexibility index (Phi) is 6.09. The van der Waals surface area contributed by atoms with Crippen molar-refractivity contribution in [1.29, 1.82) is 0 Å². The summed E-state index contributed by atoms with van der Waals surface area (Å²) in [6.07, 6.45) is 1.56. The number of nitrogens with one attached hydrogen (secondary N) is 1. The van der Waals surface area contributed by atoms with Crippen molar-refractivity contribution in [3.05, 3.63) is 94.6 Å². The minimum absolute atomic E-state index is 0.0215. The predicted molar refractivity (Wildman–Crippen MR) is 129 cm³/mol. The van der Waals surface area contributed by atoms with Gasteiger partial charge >= 0.3 is 0 Å². The number of anilines is 1. The summed E-state index contributed by atoms with van der Waals surface area (Å²) < 4.78 is 28.3. The first kappa shape index (κ1) is 22.1. The summed E-state index contributed by atoms with van der Waals surface area (Å²) in [6.45, 7) is 3.71. The zero-order valence-electron chi connectivity index (χ0n) is 17.8. The summed E-state index contributed by atoms with van der Waals surface area (Å²) in [5, 5.41) is 4.04. The number of amides is 1. The van der Waals surface area contributed by atoms with Gasteiger partial charge in [0.15, 0.2) is 9.84 Å². The van der Waals surface area contributed by atoms with Crippen LogP contribution in [0.1, 0.15) is 16.7 Å². The smallest absolute Gasteiger partial charge is 0.244 e. The second kappa shape index (κ2) is 8.81. The van der Waals surface area contributed by atoms with Crippen LogP contribution in [-0.4, -0.2) is 18.9 Å². The van der Waals surface area contributed by atoms with Crippen LogP contribution in [0.3, 0.4) is 0 Å². The van der Waals surface area contributed by atoms with Gasteiger partial charge in [0.05, 0.1) is 10.6 Å². The lowest BCUT2D eigenvalue weighted by atomic mass is 10.1. The molecule has 7 heteroatoms. The van der Waals surface area contributed by atoms with Crippen LogP contribution in [0.15, 0.2) is 77.8 Å². The topological polar surface area (TPSA) is 68.2 Å². The van der Waals surface area contributed by atoms with Gasteiger partial charge in [-0.3, -0.25) is 4.79 Å². The van der Waals surface area contributed by atoms with E-state index in [-0.39, 0.29) is 23.1 Å². The van der Waals surface area contributed by atoms with Crippen molar-refractivity contribution in [2.45, 2.75) is 31.0 Å². The molecule has 0 fully saturated rings. The van der Waals surface area contributed by atoms with Crippen LogP contribution in [0, 0.1) is 13.8 Å². The highest BCUT2D eigenvalue weighted by Crippen LogP contribution is 2.29. The van der Waals surface area contributed by atoms with Gasteiger partial charge in [-0.2, -0.15) is 0 Å². The Balaban J connectivity index is 1.66. The lowest BCUT2D eigenvalue weighted by Crippen LogP contribution is -2.19. The lowest BCUT2D eigenvalue weighted by Gasteiger charge is -2.10. The molecule has 3 aromatic carbocycles. The molecule has 0 unspecified atom stereocenters. The number of rotatable bonds is 6. The number of nitrogens with zero attached hydrogens (tertiary/aromatic N) is 1. The number of hydrogen-bond donors (Lipinski definition) is 1. The van der Waals surface area contributed by atoms with Crippen molar-refractivity contribution in [3.8, 4) is 0 Å². The van der Waals surface area contributed by atoms with Crippen molar-refractivity contribution in [2.24, 2.45) is 0 Å². The van der Waals surface area contributed by atoms with Crippen molar-refractivity contribution in [1.82, 2.24) is 4.57 Å². The monoisotopic (exact) mass is 466 g/mol. The lowest BCUT2D eigenvalue weighted by molar-refractivity contribution is -0.116. The van der Waals surface area contributed by atoms with E-state index in [1.54, 1.807) is 41.1 Å². The number of carbonyl (C=O) groups is 1. The second-order valence-corrected chi connectivity index (χ2v) is 10.1. The van der Waals surface area contributed by atoms with Gasteiger partial charge in [0, 0.05) is 27.8 Å². The molecular formula is C25H23ClN2O3S. The minimum Gasteiger partial charge on any atom is -0.337 e. The Morgan fingerprint density at radius 2 is 1.69 bits per heavy atom. The number of halogens is 1. The zero-order chi connectivity index (χ0) is 22.9. The number of para-hydroxylation sites is 1. The van der Waals surface area contributed by atoms with E-state index >= 15 is 0 Å². The molecule has 0 aliphatic rings. The standard InChI is InChI=1S/C25H23ClN2O3S/c1-17-8-3-4-9-19(17)16-32(30,31)24-14-28(23-13-6-5-10-20(23)24)15-25(29)27-22-12-7-11-21(26)18(22)2/h3-14H,15-16H2,1-2H3,(H,27,29). The van der Waals surface area contributed by atoms with Gasteiger partial charge in [-0.1, -0.05) is 60.1 Å². The van der Waals surface area contributed by atoms with E-state index in [1.807, 2.05) is 50.2 Å².